The zero-order valence-corrected chi connectivity index (χ0v) is 12.4. The summed E-state index contributed by atoms with van der Waals surface area (Å²) in [4.78, 5) is 0. The van der Waals surface area contributed by atoms with Crippen LogP contribution in [-0.2, 0) is 0 Å². The molecule has 0 unspecified atom stereocenters. The fourth-order valence-corrected chi connectivity index (χ4v) is 17.3. The molecule has 0 fully saturated rings. The predicted octanol–water partition coefficient (Wildman–Crippen LogP) is 4.60. The predicted molar refractivity (Wildman–Crippen MR) is 65.1 cm³/mol. The summed E-state index contributed by atoms with van der Waals surface area (Å²) in [7, 11) is -1.27. The summed E-state index contributed by atoms with van der Waals surface area (Å²) < 4.78 is 0. The molecule has 0 bridgehead atoms. The molecule has 0 amide bonds. The third kappa shape index (κ3) is 5.50. The van der Waals surface area contributed by atoms with Gasteiger partial charge in [0, 0.05) is 0 Å². The maximum absolute atomic E-state index is 2.86. The van der Waals surface area contributed by atoms with Crippen molar-refractivity contribution in [3.63, 3.8) is 0 Å². The second-order valence-corrected chi connectivity index (χ2v) is 23.3. The van der Waals surface area contributed by atoms with Crippen molar-refractivity contribution in [3.05, 3.63) is 0 Å². The van der Waals surface area contributed by atoms with E-state index in [1.165, 1.54) is 19.3 Å². The van der Waals surface area contributed by atoms with Gasteiger partial charge in [-0.2, -0.15) is 0 Å². The van der Waals surface area contributed by atoms with Gasteiger partial charge in [-0.1, -0.05) is 0 Å². The molecule has 0 radical (unpaired) electrons. The van der Waals surface area contributed by atoms with E-state index in [9.17, 15) is 0 Å². The van der Waals surface area contributed by atoms with Gasteiger partial charge in [-0.05, 0) is 0 Å². The molecule has 0 spiro atoms. The molecule has 0 rings (SSSR count). The molecule has 11 heavy (non-hydrogen) atoms. The van der Waals surface area contributed by atoms with E-state index in [0.29, 0.717) is 0 Å². The molecule has 0 aliphatic rings. The van der Waals surface area contributed by atoms with Gasteiger partial charge in [-0.3, -0.25) is 0 Å². The number of hydrogen-bond donors (Lipinski definition) is 0. The molecule has 0 saturated heterocycles. The van der Waals surface area contributed by atoms with Crippen LogP contribution < -0.4 is 0 Å². The van der Waals surface area contributed by atoms with E-state index in [1.54, 1.807) is 15.8 Å². The van der Waals surface area contributed by atoms with Gasteiger partial charge in [-0.15, -0.1) is 0 Å². The van der Waals surface area contributed by atoms with E-state index in [4.69, 9.17) is 0 Å². The van der Waals surface area contributed by atoms with Crippen molar-refractivity contribution in [2.75, 3.05) is 0 Å². The van der Waals surface area contributed by atoms with Crippen molar-refractivity contribution in [3.8, 4) is 0 Å². The molecule has 0 nitrogen and oxygen atoms in total. The van der Waals surface area contributed by atoms with Crippen LogP contribution in [0.4, 0.5) is 0 Å². The fourth-order valence-electron chi connectivity index (χ4n) is 1.72. The van der Waals surface area contributed by atoms with Crippen molar-refractivity contribution >= 4 is 30.2 Å². The average molecular weight is 329 g/mol. The summed E-state index contributed by atoms with van der Waals surface area (Å²) in [5, 5.41) is 4.76. The monoisotopic (exact) mass is 330 g/mol. The SMILES string of the molecule is CC[CH2][Ge]([I])([CH2]CC)[CH2]CC. The summed E-state index contributed by atoms with van der Waals surface area (Å²) in [6.07, 6.45) is 4.26. The van der Waals surface area contributed by atoms with E-state index >= 15 is 0 Å². The van der Waals surface area contributed by atoms with Crippen LogP contribution in [0.2, 0.25) is 15.8 Å². The Morgan fingerprint density at radius 3 is 1.27 bits per heavy atom. The van der Waals surface area contributed by atoms with Gasteiger partial charge in [-0.25, -0.2) is 0 Å². The first-order valence-corrected chi connectivity index (χ1v) is 15.7. The molecule has 0 atom stereocenters. The Hall–Kier alpha value is 1.27. The van der Waals surface area contributed by atoms with Crippen LogP contribution in [0.1, 0.15) is 40.0 Å². The van der Waals surface area contributed by atoms with Crippen LogP contribution in [0, 0.1) is 0 Å². The van der Waals surface area contributed by atoms with Crippen molar-refractivity contribution in [2.45, 2.75) is 55.8 Å². The molecule has 0 aromatic rings. The van der Waals surface area contributed by atoms with E-state index in [0.717, 1.165) is 0 Å². The molecule has 2 heteroatoms. The number of halogens is 1. The van der Waals surface area contributed by atoms with Crippen molar-refractivity contribution in [2.24, 2.45) is 0 Å². The van der Waals surface area contributed by atoms with Crippen molar-refractivity contribution in [1.29, 1.82) is 0 Å². The normalized spacial score (nSPS) is 12.0. The van der Waals surface area contributed by atoms with Crippen LogP contribution in [0.3, 0.4) is 0 Å². The third-order valence-corrected chi connectivity index (χ3v) is 19.3. The van der Waals surface area contributed by atoms with E-state index in [2.05, 4.69) is 41.0 Å². The summed E-state index contributed by atoms with van der Waals surface area (Å²) in [6.45, 7) is 7.01. The van der Waals surface area contributed by atoms with Gasteiger partial charge in [0.25, 0.3) is 0 Å². The van der Waals surface area contributed by atoms with Gasteiger partial charge < -0.3 is 0 Å². The van der Waals surface area contributed by atoms with Crippen LogP contribution in [0.15, 0.2) is 0 Å². The first-order valence-electron chi connectivity index (χ1n) is 4.87. The summed E-state index contributed by atoms with van der Waals surface area (Å²) >= 11 is 2.86. The Labute approximate surface area is 85.5 Å². The van der Waals surface area contributed by atoms with Crippen molar-refractivity contribution < 1.29 is 0 Å². The van der Waals surface area contributed by atoms with E-state index in [1.807, 2.05) is 0 Å². The van der Waals surface area contributed by atoms with Gasteiger partial charge in [0.1, 0.15) is 0 Å². The zero-order valence-electron chi connectivity index (χ0n) is 8.12. The molecule has 0 saturated carbocycles. The fraction of sp³-hybridized carbons (Fsp3) is 1.00. The Bertz CT molecular complexity index is 76.5. The van der Waals surface area contributed by atoms with Gasteiger partial charge >= 0.3 is 86.0 Å². The second kappa shape index (κ2) is 6.75. The molecule has 0 N–H and O–H groups in total. The topological polar surface area (TPSA) is 0 Å². The molecular formula is C9H21GeI. The summed E-state index contributed by atoms with van der Waals surface area (Å²) in [5.74, 6) is 0. The molecule has 0 aliphatic carbocycles. The molecular weight excluding hydrogens is 308 g/mol. The standard InChI is InChI=1S/C9H21GeI/c1-4-7-10(11,8-5-2)9-6-3/h4-9H2,1-3H3. The Morgan fingerprint density at radius 2 is 1.09 bits per heavy atom. The number of rotatable bonds is 6. The minimum atomic E-state index is -1.27. The van der Waals surface area contributed by atoms with Gasteiger partial charge in [0.05, 0.1) is 0 Å². The van der Waals surface area contributed by atoms with Crippen molar-refractivity contribution in [1.82, 2.24) is 0 Å². The minimum absolute atomic E-state index is 1.27. The van der Waals surface area contributed by atoms with Crippen LogP contribution in [-0.4, -0.2) is 9.96 Å². The average Bonchev–Trinajstić information content (AvgIpc) is 1.88. The second-order valence-electron chi connectivity index (χ2n) is 3.40. The molecule has 0 heterocycles. The quantitative estimate of drug-likeness (QED) is 0.494. The van der Waals surface area contributed by atoms with Crippen LogP contribution in [0.25, 0.3) is 0 Å². The molecule has 0 aromatic heterocycles. The molecule has 0 aromatic carbocycles. The van der Waals surface area contributed by atoms with Gasteiger partial charge in [0.15, 0.2) is 0 Å². The molecule has 68 valence electrons. The van der Waals surface area contributed by atoms with Crippen LogP contribution in [0.5, 0.6) is 0 Å². The summed E-state index contributed by atoms with van der Waals surface area (Å²) in [5.41, 5.74) is 0. The summed E-state index contributed by atoms with van der Waals surface area (Å²) in [6, 6.07) is 0. The van der Waals surface area contributed by atoms with E-state index in [-0.39, 0.29) is 0 Å². The first kappa shape index (κ1) is 12.3. The van der Waals surface area contributed by atoms with E-state index < -0.39 is 9.96 Å². The molecule has 0 aliphatic heterocycles. The Kier molecular flexibility index (Phi) is 7.53. The Balaban J connectivity index is 3.79. The third-order valence-electron chi connectivity index (χ3n) is 2.09. The maximum atomic E-state index is 2.86. The Morgan fingerprint density at radius 1 is 0.818 bits per heavy atom. The van der Waals surface area contributed by atoms with Crippen LogP contribution >= 0.6 is 20.2 Å². The zero-order chi connectivity index (χ0) is 8.74. The number of hydrogen-bond acceptors (Lipinski definition) is 0. The first-order chi connectivity index (χ1) is 5.18. The van der Waals surface area contributed by atoms with Gasteiger partial charge in [0.2, 0.25) is 0 Å².